The van der Waals surface area contributed by atoms with E-state index in [1.165, 1.54) is 12.1 Å². The Morgan fingerprint density at radius 1 is 1.67 bits per heavy atom. The van der Waals surface area contributed by atoms with Crippen molar-refractivity contribution in [1.82, 2.24) is 0 Å². The monoisotopic (exact) mass is 270 g/mol. The number of nitrogens with one attached hydrogen (secondary N) is 1. The Kier molecular flexibility index (Phi) is 3.81. The molecule has 0 bridgehead atoms. The third kappa shape index (κ3) is 3.03. The number of nitriles is 1. The minimum Gasteiger partial charge on any atom is -0.324 e. The quantitative estimate of drug-likeness (QED) is 0.840. The minimum atomic E-state index is -0.503. The second-order valence-electron chi connectivity index (χ2n) is 2.91. The SMILES string of the molecule is CC(Br)C(=O)Nc1ccc(F)cc1C#N. The zero-order valence-corrected chi connectivity index (χ0v) is 9.51. The summed E-state index contributed by atoms with van der Waals surface area (Å²) in [5.74, 6) is -0.783. The zero-order valence-electron chi connectivity index (χ0n) is 7.92. The van der Waals surface area contributed by atoms with Crippen LogP contribution in [0.1, 0.15) is 12.5 Å². The Morgan fingerprint density at radius 2 is 2.33 bits per heavy atom. The largest absolute Gasteiger partial charge is 0.324 e. The Labute approximate surface area is 95.0 Å². The van der Waals surface area contributed by atoms with Crippen molar-refractivity contribution in [2.45, 2.75) is 11.8 Å². The Hall–Kier alpha value is -1.41. The van der Waals surface area contributed by atoms with Crippen LogP contribution < -0.4 is 5.32 Å². The predicted octanol–water partition coefficient (Wildman–Crippen LogP) is 2.42. The standard InChI is InChI=1S/C10H8BrFN2O/c1-6(11)10(15)14-9-3-2-8(12)4-7(9)5-13/h2-4,6H,1H3,(H,14,15). The highest BCUT2D eigenvalue weighted by atomic mass is 79.9. The number of rotatable bonds is 2. The lowest BCUT2D eigenvalue weighted by Gasteiger charge is -2.07. The minimum absolute atomic E-state index is 0.108. The zero-order chi connectivity index (χ0) is 11.4. The van der Waals surface area contributed by atoms with E-state index >= 15 is 0 Å². The van der Waals surface area contributed by atoms with Crippen molar-refractivity contribution in [2.75, 3.05) is 5.32 Å². The molecule has 78 valence electrons. The smallest absolute Gasteiger partial charge is 0.237 e. The predicted molar refractivity (Wildman–Crippen MR) is 58.1 cm³/mol. The highest BCUT2D eigenvalue weighted by Gasteiger charge is 2.11. The van der Waals surface area contributed by atoms with Gasteiger partial charge in [0.25, 0.3) is 0 Å². The van der Waals surface area contributed by atoms with Gasteiger partial charge in [-0.15, -0.1) is 0 Å². The third-order valence-corrected chi connectivity index (χ3v) is 2.14. The molecule has 0 aliphatic rings. The maximum Gasteiger partial charge on any atom is 0.237 e. The summed E-state index contributed by atoms with van der Waals surface area (Å²) in [6.07, 6.45) is 0. The van der Waals surface area contributed by atoms with Crippen LogP contribution in [0.15, 0.2) is 18.2 Å². The second-order valence-corrected chi connectivity index (χ2v) is 4.28. The van der Waals surface area contributed by atoms with E-state index in [4.69, 9.17) is 5.26 Å². The molecule has 1 N–H and O–H groups in total. The number of amides is 1. The number of hydrogen-bond acceptors (Lipinski definition) is 2. The van der Waals surface area contributed by atoms with Gasteiger partial charge in [0.1, 0.15) is 11.9 Å². The molecular weight excluding hydrogens is 263 g/mol. The number of halogens is 2. The van der Waals surface area contributed by atoms with Gasteiger partial charge in [0.05, 0.1) is 16.1 Å². The molecule has 1 amide bonds. The molecule has 1 unspecified atom stereocenters. The molecule has 0 spiro atoms. The summed E-state index contributed by atoms with van der Waals surface area (Å²) in [7, 11) is 0. The van der Waals surface area contributed by atoms with Crippen molar-refractivity contribution >= 4 is 27.5 Å². The third-order valence-electron chi connectivity index (χ3n) is 1.72. The van der Waals surface area contributed by atoms with Gasteiger partial charge in [-0.2, -0.15) is 5.26 Å². The Morgan fingerprint density at radius 3 is 2.87 bits per heavy atom. The van der Waals surface area contributed by atoms with Crippen molar-refractivity contribution in [3.05, 3.63) is 29.6 Å². The first-order valence-electron chi connectivity index (χ1n) is 4.19. The summed E-state index contributed by atoms with van der Waals surface area (Å²) >= 11 is 3.09. The van der Waals surface area contributed by atoms with Gasteiger partial charge in [-0.3, -0.25) is 4.79 Å². The van der Waals surface area contributed by atoms with E-state index in [0.29, 0.717) is 5.69 Å². The summed E-state index contributed by atoms with van der Waals surface area (Å²) in [4.78, 5) is 10.9. The van der Waals surface area contributed by atoms with Crippen LogP contribution in [0.5, 0.6) is 0 Å². The molecule has 0 saturated carbocycles. The molecule has 0 radical (unpaired) electrons. The van der Waals surface area contributed by atoms with Gasteiger partial charge in [0.15, 0.2) is 0 Å². The van der Waals surface area contributed by atoms with Crippen molar-refractivity contribution in [3.63, 3.8) is 0 Å². The van der Waals surface area contributed by atoms with Gasteiger partial charge >= 0.3 is 0 Å². The molecule has 1 rings (SSSR count). The van der Waals surface area contributed by atoms with Crippen molar-refractivity contribution in [3.8, 4) is 6.07 Å². The molecule has 0 fully saturated rings. The van der Waals surface area contributed by atoms with Crippen molar-refractivity contribution in [1.29, 1.82) is 5.26 Å². The lowest BCUT2D eigenvalue weighted by Crippen LogP contribution is -2.20. The van der Waals surface area contributed by atoms with Gasteiger partial charge < -0.3 is 5.32 Å². The molecule has 1 aromatic carbocycles. The molecule has 0 saturated heterocycles. The van der Waals surface area contributed by atoms with E-state index < -0.39 is 5.82 Å². The van der Waals surface area contributed by atoms with Crippen LogP contribution in [0.25, 0.3) is 0 Å². The molecule has 1 aromatic rings. The van der Waals surface area contributed by atoms with E-state index in [1.807, 2.05) is 6.07 Å². The highest BCUT2D eigenvalue weighted by molar-refractivity contribution is 9.10. The number of carbonyl (C=O) groups is 1. The Balaban J connectivity index is 2.96. The van der Waals surface area contributed by atoms with Crippen LogP contribution in [-0.4, -0.2) is 10.7 Å². The highest BCUT2D eigenvalue weighted by Crippen LogP contribution is 2.16. The molecular formula is C10H8BrFN2O. The molecule has 0 heterocycles. The number of carbonyl (C=O) groups excluding carboxylic acids is 1. The van der Waals surface area contributed by atoms with Gasteiger partial charge in [-0.25, -0.2) is 4.39 Å². The Bertz CT molecular complexity index is 426. The molecule has 15 heavy (non-hydrogen) atoms. The molecule has 3 nitrogen and oxygen atoms in total. The van der Waals surface area contributed by atoms with Gasteiger partial charge in [0, 0.05) is 0 Å². The average Bonchev–Trinajstić information content (AvgIpc) is 2.20. The average molecular weight is 271 g/mol. The lowest BCUT2D eigenvalue weighted by molar-refractivity contribution is -0.115. The number of benzene rings is 1. The fourth-order valence-corrected chi connectivity index (χ4v) is 1.06. The maximum absolute atomic E-state index is 12.8. The van der Waals surface area contributed by atoms with E-state index in [-0.39, 0.29) is 16.3 Å². The normalized spacial score (nSPS) is 11.6. The molecule has 0 aromatic heterocycles. The molecule has 5 heteroatoms. The molecule has 1 atom stereocenters. The van der Waals surface area contributed by atoms with Crippen LogP contribution in [-0.2, 0) is 4.79 Å². The van der Waals surface area contributed by atoms with Crippen molar-refractivity contribution < 1.29 is 9.18 Å². The first-order valence-corrected chi connectivity index (χ1v) is 5.10. The summed E-state index contributed by atoms with van der Waals surface area (Å²) in [6.45, 7) is 1.66. The second kappa shape index (κ2) is 4.89. The van der Waals surface area contributed by atoms with Crippen LogP contribution in [0.3, 0.4) is 0 Å². The number of anilines is 1. The summed E-state index contributed by atoms with van der Waals surface area (Å²) in [5, 5.41) is 11.2. The fourth-order valence-electron chi connectivity index (χ4n) is 0.950. The van der Waals surface area contributed by atoms with Crippen LogP contribution in [0.2, 0.25) is 0 Å². The molecule has 0 aliphatic carbocycles. The number of hydrogen-bond donors (Lipinski definition) is 1. The van der Waals surface area contributed by atoms with Crippen LogP contribution in [0, 0.1) is 17.1 Å². The van der Waals surface area contributed by atoms with E-state index in [1.54, 1.807) is 6.92 Å². The maximum atomic E-state index is 12.8. The molecule has 0 aliphatic heterocycles. The van der Waals surface area contributed by atoms with Crippen molar-refractivity contribution in [2.24, 2.45) is 0 Å². The van der Waals surface area contributed by atoms with E-state index in [0.717, 1.165) is 6.07 Å². The number of nitrogens with zero attached hydrogens (tertiary/aromatic N) is 1. The first-order chi connectivity index (χ1) is 7.04. The number of alkyl halides is 1. The fraction of sp³-hybridized carbons (Fsp3) is 0.200. The van der Waals surface area contributed by atoms with E-state index in [9.17, 15) is 9.18 Å². The van der Waals surface area contributed by atoms with Gasteiger partial charge in [-0.05, 0) is 25.1 Å². The summed E-state index contributed by atoms with van der Waals surface area (Å²) < 4.78 is 12.8. The summed E-state index contributed by atoms with van der Waals surface area (Å²) in [5.41, 5.74) is 0.423. The van der Waals surface area contributed by atoms with Gasteiger partial charge in [0.2, 0.25) is 5.91 Å². The summed E-state index contributed by atoms with van der Waals surface area (Å²) in [6, 6.07) is 5.44. The lowest BCUT2D eigenvalue weighted by atomic mass is 10.2. The van der Waals surface area contributed by atoms with Crippen LogP contribution in [0.4, 0.5) is 10.1 Å². The van der Waals surface area contributed by atoms with Gasteiger partial charge in [-0.1, -0.05) is 15.9 Å². The van der Waals surface area contributed by atoms with E-state index in [2.05, 4.69) is 21.2 Å². The first kappa shape index (κ1) is 11.7. The topological polar surface area (TPSA) is 52.9 Å². The van der Waals surface area contributed by atoms with Crippen LogP contribution >= 0.6 is 15.9 Å².